The fraction of sp³-hybridized carbons (Fsp3) is 0.533. The van der Waals surface area contributed by atoms with Crippen molar-refractivity contribution in [3.8, 4) is 0 Å². The molecule has 0 rings (SSSR count). The Labute approximate surface area is 133 Å². The molecule has 0 aromatic heterocycles. The molecule has 0 saturated carbocycles. The van der Waals surface area contributed by atoms with Gasteiger partial charge in [0.1, 0.15) is 13.2 Å². The summed E-state index contributed by atoms with van der Waals surface area (Å²) in [5.74, 6) is -0.900. The van der Waals surface area contributed by atoms with Crippen molar-refractivity contribution in [2.75, 3.05) is 26.4 Å². The average Bonchev–Trinajstić information content (AvgIpc) is 2.47. The molecule has 0 aliphatic heterocycles. The Morgan fingerprint density at radius 2 is 1.23 bits per heavy atom. The van der Waals surface area contributed by atoms with Gasteiger partial charge in [0, 0.05) is 11.1 Å². The normalized spacial score (nSPS) is 10.9. The highest BCUT2D eigenvalue weighted by Gasteiger charge is 2.29. The summed E-state index contributed by atoms with van der Waals surface area (Å²) in [5.41, 5.74) is 0.681. The highest BCUT2D eigenvalue weighted by molar-refractivity contribution is 6.66. The van der Waals surface area contributed by atoms with Crippen LogP contribution >= 0.6 is 0 Å². The lowest BCUT2D eigenvalue weighted by Gasteiger charge is -2.25. The largest absolute Gasteiger partial charge is 0.460 e. The SMILES string of the molecule is [CH2]C[Si](C)(OCCOC(=O)C(=C)C)OCCOC(=O)C(=C)C. The Bertz CT molecular complexity index is 384. The number of carbonyl (C=O) groups is 2. The summed E-state index contributed by atoms with van der Waals surface area (Å²) in [6.07, 6.45) is 0. The maximum Gasteiger partial charge on any atom is 0.335 e. The maximum atomic E-state index is 11.2. The topological polar surface area (TPSA) is 71.1 Å². The van der Waals surface area contributed by atoms with Gasteiger partial charge in [-0.15, -0.1) is 0 Å². The fourth-order valence-corrected chi connectivity index (χ4v) is 2.62. The predicted molar refractivity (Wildman–Crippen MR) is 85.2 cm³/mol. The molecular weight excluding hydrogens is 304 g/mol. The summed E-state index contributed by atoms with van der Waals surface area (Å²) in [4.78, 5) is 22.4. The molecule has 7 heteroatoms. The Morgan fingerprint density at radius 1 is 0.864 bits per heavy atom. The minimum Gasteiger partial charge on any atom is -0.460 e. The first-order valence-electron chi connectivity index (χ1n) is 6.94. The van der Waals surface area contributed by atoms with Crippen LogP contribution in [0.2, 0.25) is 12.6 Å². The van der Waals surface area contributed by atoms with Crippen molar-refractivity contribution in [3.05, 3.63) is 31.2 Å². The summed E-state index contributed by atoms with van der Waals surface area (Å²) in [7, 11) is -2.46. The second kappa shape index (κ2) is 10.3. The zero-order valence-electron chi connectivity index (χ0n) is 13.6. The van der Waals surface area contributed by atoms with E-state index in [4.69, 9.17) is 18.3 Å². The predicted octanol–water partition coefficient (Wildman–Crippen LogP) is 2.16. The van der Waals surface area contributed by atoms with E-state index in [0.29, 0.717) is 17.2 Å². The molecule has 1 radical (unpaired) electrons. The van der Waals surface area contributed by atoms with Gasteiger partial charge in [0.15, 0.2) is 0 Å². The Balaban J connectivity index is 3.98. The van der Waals surface area contributed by atoms with Crippen molar-refractivity contribution in [1.29, 1.82) is 0 Å². The zero-order chi connectivity index (χ0) is 17.2. The van der Waals surface area contributed by atoms with Gasteiger partial charge >= 0.3 is 20.5 Å². The lowest BCUT2D eigenvalue weighted by atomic mass is 10.4. The van der Waals surface area contributed by atoms with Gasteiger partial charge in [-0.1, -0.05) is 20.1 Å². The van der Waals surface area contributed by atoms with Crippen molar-refractivity contribution in [1.82, 2.24) is 0 Å². The van der Waals surface area contributed by atoms with E-state index >= 15 is 0 Å². The van der Waals surface area contributed by atoms with E-state index in [0.717, 1.165) is 0 Å². The molecule has 0 saturated heterocycles. The molecule has 0 aliphatic rings. The van der Waals surface area contributed by atoms with Crippen molar-refractivity contribution in [2.24, 2.45) is 0 Å². The molecule has 0 aromatic rings. The van der Waals surface area contributed by atoms with Crippen LogP contribution in [0.15, 0.2) is 24.3 Å². The first-order valence-corrected chi connectivity index (χ1v) is 9.46. The quantitative estimate of drug-likeness (QED) is 0.250. The first kappa shape index (κ1) is 20.6. The molecule has 0 bridgehead atoms. The molecule has 22 heavy (non-hydrogen) atoms. The van der Waals surface area contributed by atoms with Gasteiger partial charge in [-0.05, 0) is 26.4 Å². The van der Waals surface area contributed by atoms with E-state index in [1.54, 1.807) is 13.8 Å². The molecule has 0 heterocycles. The van der Waals surface area contributed by atoms with Crippen LogP contribution in [0.3, 0.4) is 0 Å². The van der Waals surface area contributed by atoms with Gasteiger partial charge in [0.05, 0.1) is 13.2 Å². The summed E-state index contributed by atoms with van der Waals surface area (Å²) < 4.78 is 21.2. The van der Waals surface area contributed by atoms with Crippen LogP contribution in [-0.4, -0.2) is 46.9 Å². The summed E-state index contributed by atoms with van der Waals surface area (Å²) in [6, 6.07) is 0.482. The molecule has 125 valence electrons. The van der Waals surface area contributed by atoms with Crippen molar-refractivity contribution in [2.45, 2.75) is 26.4 Å². The second-order valence-corrected chi connectivity index (χ2v) is 8.26. The summed E-state index contributed by atoms with van der Waals surface area (Å²) >= 11 is 0. The molecule has 0 aliphatic carbocycles. The van der Waals surface area contributed by atoms with E-state index in [2.05, 4.69) is 20.1 Å². The Morgan fingerprint density at radius 3 is 1.50 bits per heavy atom. The van der Waals surface area contributed by atoms with E-state index in [1.807, 2.05) is 6.55 Å². The van der Waals surface area contributed by atoms with Gasteiger partial charge in [0.25, 0.3) is 0 Å². The van der Waals surface area contributed by atoms with Crippen LogP contribution in [0, 0.1) is 6.92 Å². The molecular formula is C15H25O6Si. The second-order valence-electron chi connectivity index (χ2n) is 4.91. The molecule has 0 aromatic carbocycles. The van der Waals surface area contributed by atoms with Gasteiger partial charge in [0.2, 0.25) is 0 Å². The van der Waals surface area contributed by atoms with E-state index < -0.39 is 20.5 Å². The monoisotopic (exact) mass is 329 g/mol. The molecule has 0 fully saturated rings. The number of esters is 2. The zero-order valence-corrected chi connectivity index (χ0v) is 14.6. The molecule has 0 amide bonds. The third kappa shape index (κ3) is 8.76. The molecule has 0 N–H and O–H groups in total. The van der Waals surface area contributed by atoms with Gasteiger partial charge in [-0.25, -0.2) is 9.59 Å². The van der Waals surface area contributed by atoms with Crippen LogP contribution in [0.4, 0.5) is 0 Å². The van der Waals surface area contributed by atoms with Crippen LogP contribution in [0.1, 0.15) is 13.8 Å². The first-order chi connectivity index (χ1) is 10.2. The molecule has 0 unspecified atom stereocenters. The van der Waals surface area contributed by atoms with Gasteiger partial charge < -0.3 is 18.3 Å². The smallest absolute Gasteiger partial charge is 0.335 e. The average molecular weight is 329 g/mol. The lowest BCUT2D eigenvalue weighted by Crippen LogP contribution is -2.40. The Kier molecular flexibility index (Phi) is 9.63. The lowest BCUT2D eigenvalue weighted by molar-refractivity contribution is -0.140. The van der Waals surface area contributed by atoms with Gasteiger partial charge in [-0.3, -0.25) is 0 Å². The standard InChI is InChI=1S/C15H25O6Si/c1-7-22(6,20-10-8-18-14(16)12(2)3)21-11-9-19-15(17)13(4)5/h1-2,4,7-11H2,3,5-6H3. The van der Waals surface area contributed by atoms with Crippen molar-refractivity contribution >= 4 is 20.5 Å². The highest BCUT2D eigenvalue weighted by atomic mass is 28.4. The summed E-state index contributed by atoms with van der Waals surface area (Å²) in [5, 5.41) is 0. The van der Waals surface area contributed by atoms with Crippen molar-refractivity contribution < 1.29 is 27.9 Å². The van der Waals surface area contributed by atoms with E-state index in [1.165, 1.54) is 0 Å². The third-order valence-corrected chi connectivity index (χ3v) is 5.14. The van der Waals surface area contributed by atoms with Crippen LogP contribution < -0.4 is 0 Å². The number of hydrogen-bond acceptors (Lipinski definition) is 6. The highest BCUT2D eigenvalue weighted by Crippen LogP contribution is 2.12. The third-order valence-electron chi connectivity index (χ3n) is 2.60. The number of carbonyl (C=O) groups excluding carboxylic acids is 2. The number of rotatable bonds is 11. The van der Waals surface area contributed by atoms with E-state index in [-0.39, 0.29) is 26.4 Å². The van der Waals surface area contributed by atoms with Crippen LogP contribution in [-0.2, 0) is 27.9 Å². The Hall–Kier alpha value is -1.44. The molecule has 0 atom stereocenters. The maximum absolute atomic E-state index is 11.2. The van der Waals surface area contributed by atoms with E-state index in [9.17, 15) is 9.59 Å². The summed E-state index contributed by atoms with van der Waals surface area (Å²) in [6.45, 7) is 16.5. The molecule has 0 spiro atoms. The van der Waals surface area contributed by atoms with Crippen LogP contribution in [0.25, 0.3) is 0 Å². The molecule has 6 nitrogen and oxygen atoms in total. The number of ether oxygens (including phenoxy) is 2. The van der Waals surface area contributed by atoms with Crippen molar-refractivity contribution in [3.63, 3.8) is 0 Å². The minimum atomic E-state index is -2.46. The number of hydrogen-bond donors (Lipinski definition) is 0. The fourth-order valence-electron chi connectivity index (χ4n) is 1.22. The minimum absolute atomic E-state index is 0.127. The van der Waals surface area contributed by atoms with Crippen LogP contribution in [0.5, 0.6) is 0 Å². The van der Waals surface area contributed by atoms with Gasteiger partial charge in [-0.2, -0.15) is 0 Å².